The number of hydrogen-bond donors (Lipinski definition) is 0. The van der Waals surface area contributed by atoms with E-state index in [-0.39, 0.29) is 0 Å². The van der Waals surface area contributed by atoms with Crippen LogP contribution >= 0.6 is 0 Å². The summed E-state index contributed by atoms with van der Waals surface area (Å²) in [7, 11) is 0. The second-order valence-corrected chi connectivity index (χ2v) is 16.0. The van der Waals surface area contributed by atoms with E-state index in [4.69, 9.17) is 24.9 Å². The molecule has 66 heavy (non-hydrogen) atoms. The third-order valence-electron chi connectivity index (χ3n) is 11.8. The third-order valence-corrected chi connectivity index (χ3v) is 11.8. The van der Waals surface area contributed by atoms with Crippen molar-refractivity contribution in [2.24, 2.45) is 0 Å². The molecule has 0 N–H and O–H groups in total. The van der Waals surface area contributed by atoms with Crippen LogP contribution in [0.15, 0.2) is 231 Å². The standard InChI is InChI=1S/C60H38N6/c61-39-40-15-12-22-46(35-40)47-23-13-24-48(36-47)49-25-14-26-51(37-49)60-65-58(44-20-8-3-9-21-44)64-59(66-60)45-31-29-42(30-32-45)54-38-50(41-16-4-1-5-17-41)33-34-52(54)56-53-27-10-11-28-55(53)62-57(63-56)43-18-6-2-7-19-43/h1-38H. The third kappa shape index (κ3) is 8.01. The molecule has 0 bridgehead atoms. The maximum Gasteiger partial charge on any atom is 0.164 e. The predicted molar refractivity (Wildman–Crippen MR) is 267 cm³/mol. The Kier molecular flexibility index (Phi) is 10.5. The Bertz CT molecular complexity index is 3580. The fourth-order valence-electron chi connectivity index (χ4n) is 8.43. The average Bonchev–Trinajstić information content (AvgIpc) is 3.41. The van der Waals surface area contributed by atoms with Gasteiger partial charge in [0.05, 0.1) is 22.8 Å². The van der Waals surface area contributed by atoms with Gasteiger partial charge in [0.1, 0.15) is 0 Å². The highest BCUT2D eigenvalue weighted by Crippen LogP contribution is 2.40. The van der Waals surface area contributed by atoms with Gasteiger partial charge in [0.2, 0.25) is 0 Å². The Morgan fingerprint density at radius 2 is 0.697 bits per heavy atom. The summed E-state index contributed by atoms with van der Waals surface area (Å²) in [6.07, 6.45) is 0. The highest BCUT2D eigenvalue weighted by molar-refractivity contribution is 5.99. The van der Waals surface area contributed by atoms with E-state index in [2.05, 4.69) is 127 Å². The van der Waals surface area contributed by atoms with E-state index in [1.54, 1.807) is 0 Å². The Morgan fingerprint density at radius 1 is 0.273 bits per heavy atom. The van der Waals surface area contributed by atoms with Crippen LogP contribution in [-0.4, -0.2) is 24.9 Å². The number of nitrogens with zero attached hydrogens (tertiary/aromatic N) is 6. The van der Waals surface area contributed by atoms with Crippen LogP contribution in [0.2, 0.25) is 0 Å². The van der Waals surface area contributed by atoms with Crippen molar-refractivity contribution in [3.05, 3.63) is 236 Å². The van der Waals surface area contributed by atoms with E-state index in [0.29, 0.717) is 28.9 Å². The lowest BCUT2D eigenvalue weighted by molar-refractivity contribution is 1.07. The van der Waals surface area contributed by atoms with Crippen LogP contribution in [-0.2, 0) is 0 Å². The SMILES string of the molecule is N#Cc1cccc(-c2cccc(-c3cccc(-c4nc(-c5ccccc5)nc(-c5ccc(-c6cc(-c7ccccc7)ccc6-c6nc(-c7ccccc7)nc7ccccc67)cc5)n4)c3)c2)c1. The van der Waals surface area contributed by atoms with Gasteiger partial charge < -0.3 is 0 Å². The van der Waals surface area contributed by atoms with Crippen LogP contribution in [0.4, 0.5) is 0 Å². The molecule has 0 saturated carbocycles. The Balaban J connectivity index is 1.01. The number of benzene rings is 9. The number of fused-ring (bicyclic) bond motifs is 1. The van der Waals surface area contributed by atoms with Crippen LogP contribution in [0.25, 0.3) is 112 Å². The maximum absolute atomic E-state index is 9.52. The molecule has 0 aliphatic heterocycles. The number of rotatable bonds is 9. The number of para-hydroxylation sites is 1. The Morgan fingerprint density at radius 3 is 1.32 bits per heavy atom. The zero-order chi connectivity index (χ0) is 44.2. The van der Waals surface area contributed by atoms with Gasteiger partial charge in [-0.15, -0.1) is 0 Å². The molecule has 0 aliphatic carbocycles. The first kappa shape index (κ1) is 39.7. The summed E-state index contributed by atoms with van der Waals surface area (Å²) in [5.74, 6) is 2.42. The van der Waals surface area contributed by atoms with Crippen molar-refractivity contribution in [3.8, 4) is 107 Å². The molecular weight excluding hydrogens is 805 g/mol. The molecule has 0 radical (unpaired) electrons. The molecule has 6 heteroatoms. The fraction of sp³-hybridized carbons (Fsp3) is 0. The van der Waals surface area contributed by atoms with Crippen molar-refractivity contribution in [2.45, 2.75) is 0 Å². The molecule has 6 nitrogen and oxygen atoms in total. The van der Waals surface area contributed by atoms with Crippen LogP contribution in [0.5, 0.6) is 0 Å². The molecule has 11 aromatic rings. The van der Waals surface area contributed by atoms with Crippen LogP contribution in [0, 0.1) is 11.3 Å². The second kappa shape index (κ2) is 17.5. The first-order valence-electron chi connectivity index (χ1n) is 21.8. The normalized spacial score (nSPS) is 11.0. The van der Waals surface area contributed by atoms with Crippen molar-refractivity contribution in [3.63, 3.8) is 0 Å². The number of aromatic nitrogens is 5. The van der Waals surface area contributed by atoms with Gasteiger partial charge in [0, 0.05) is 33.2 Å². The summed E-state index contributed by atoms with van der Waals surface area (Å²) >= 11 is 0. The van der Waals surface area contributed by atoms with Crippen molar-refractivity contribution >= 4 is 10.9 Å². The summed E-state index contributed by atoms with van der Waals surface area (Å²) < 4.78 is 0. The molecule has 0 aliphatic rings. The topological polar surface area (TPSA) is 88.2 Å². The molecule has 0 atom stereocenters. The molecular formula is C60H38N6. The molecule has 308 valence electrons. The van der Waals surface area contributed by atoms with E-state index in [9.17, 15) is 5.26 Å². The van der Waals surface area contributed by atoms with Crippen molar-refractivity contribution in [1.82, 2.24) is 24.9 Å². The minimum absolute atomic E-state index is 0.572. The van der Waals surface area contributed by atoms with Gasteiger partial charge in [-0.3, -0.25) is 0 Å². The molecule has 0 spiro atoms. The number of nitriles is 1. The van der Waals surface area contributed by atoms with Gasteiger partial charge in [-0.1, -0.05) is 194 Å². The van der Waals surface area contributed by atoms with E-state index < -0.39 is 0 Å². The summed E-state index contributed by atoms with van der Waals surface area (Å²) in [6.45, 7) is 0. The molecule has 9 aromatic carbocycles. The Hall–Kier alpha value is -9.18. The van der Waals surface area contributed by atoms with Gasteiger partial charge in [-0.2, -0.15) is 5.26 Å². The van der Waals surface area contributed by atoms with Crippen LogP contribution in [0.3, 0.4) is 0 Å². The average molecular weight is 843 g/mol. The lowest BCUT2D eigenvalue weighted by atomic mass is 9.91. The lowest BCUT2D eigenvalue weighted by Crippen LogP contribution is -2.00. The van der Waals surface area contributed by atoms with Crippen molar-refractivity contribution < 1.29 is 0 Å². The largest absolute Gasteiger partial charge is 0.228 e. The van der Waals surface area contributed by atoms with Gasteiger partial charge in [-0.05, 0) is 80.9 Å². The zero-order valence-electron chi connectivity index (χ0n) is 35.6. The van der Waals surface area contributed by atoms with Crippen LogP contribution < -0.4 is 0 Å². The minimum Gasteiger partial charge on any atom is -0.228 e. The zero-order valence-corrected chi connectivity index (χ0v) is 35.6. The summed E-state index contributed by atoms with van der Waals surface area (Å²) in [5, 5.41) is 10.5. The first-order chi connectivity index (χ1) is 32.6. The highest BCUT2D eigenvalue weighted by Gasteiger charge is 2.18. The van der Waals surface area contributed by atoms with Crippen molar-refractivity contribution in [1.29, 1.82) is 5.26 Å². The van der Waals surface area contributed by atoms with E-state index in [1.165, 1.54) is 0 Å². The summed E-state index contributed by atoms with van der Waals surface area (Å²) in [5.41, 5.74) is 15.4. The molecule has 0 fully saturated rings. The molecule has 0 unspecified atom stereocenters. The van der Waals surface area contributed by atoms with E-state index in [0.717, 1.165) is 88.9 Å². The highest BCUT2D eigenvalue weighted by atomic mass is 15.0. The predicted octanol–water partition coefficient (Wildman–Crippen LogP) is 14.7. The molecule has 0 saturated heterocycles. The van der Waals surface area contributed by atoms with E-state index in [1.807, 2.05) is 109 Å². The monoisotopic (exact) mass is 842 g/mol. The maximum atomic E-state index is 9.52. The smallest absolute Gasteiger partial charge is 0.164 e. The Labute approximate surface area is 382 Å². The fourth-order valence-corrected chi connectivity index (χ4v) is 8.43. The second-order valence-electron chi connectivity index (χ2n) is 16.0. The van der Waals surface area contributed by atoms with Crippen LogP contribution in [0.1, 0.15) is 5.56 Å². The van der Waals surface area contributed by atoms with Gasteiger partial charge >= 0.3 is 0 Å². The number of hydrogen-bond acceptors (Lipinski definition) is 6. The van der Waals surface area contributed by atoms with Gasteiger partial charge in [-0.25, -0.2) is 24.9 Å². The minimum atomic E-state index is 0.572. The summed E-state index contributed by atoms with van der Waals surface area (Å²) in [6, 6.07) is 80.6. The summed E-state index contributed by atoms with van der Waals surface area (Å²) in [4.78, 5) is 25.5. The lowest BCUT2D eigenvalue weighted by Gasteiger charge is -2.16. The van der Waals surface area contributed by atoms with Gasteiger partial charge in [0.25, 0.3) is 0 Å². The first-order valence-corrected chi connectivity index (χ1v) is 21.8. The van der Waals surface area contributed by atoms with Gasteiger partial charge in [0.15, 0.2) is 23.3 Å². The van der Waals surface area contributed by atoms with E-state index >= 15 is 0 Å². The molecule has 2 heterocycles. The van der Waals surface area contributed by atoms with Crippen molar-refractivity contribution in [2.75, 3.05) is 0 Å². The quantitative estimate of drug-likeness (QED) is 0.144. The molecule has 0 amide bonds. The molecule has 11 rings (SSSR count). The molecule has 2 aromatic heterocycles.